The smallest absolute Gasteiger partial charge is 0.361 e. The molecule has 0 bridgehead atoms. The van der Waals surface area contributed by atoms with Crippen molar-refractivity contribution < 1.29 is 37.3 Å². The van der Waals surface area contributed by atoms with Crippen LogP contribution in [0.15, 0.2) is 112 Å². The number of fused-ring (bicyclic) bond motifs is 7. The lowest BCUT2D eigenvalue weighted by Crippen LogP contribution is -2.68. The summed E-state index contributed by atoms with van der Waals surface area (Å²) in [5, 5.41) is 3.41. The van der Waals surface area contributed by atoms with Gasteiger partial charge in [-0.1, -0.05) is 87.5 Å². The summed E-state index contributed by atoms with van der Waals surface area (Å²) >= 11 is 0. The van der Waals surface area contributed by atoms with E-state index in [0.29, 0.717) is 69.3 Å². The number of methoxy groups -OCH3 is 4. The van der Waals surface area contributed by atoms with Gasteiger partial charge in [0.1, 0.15) is 16.8 Å². The Morgan fingerprint density at radius 3 is 1.97 bits per heavy atom. The summed E-state index contributed by atoms with van der Waals surface area (Å²) in [6, 6.07) is 34.7. The summed E-state index contributed by atoms with van der Waals surface area (Å²) in [5.41, 5.74) is 4.81. The van der Waals surface area contributed by atoms with Crippen LogP contribution in [0.5, 0.6) is 34.5 Å². The minimum absolute atomic E-state index is 0.0106. The first-order valence-corrected chi connectivity index (χ1v) is 22.0. The Morgan fingerprint density at radius 1 is 0.733 bits per heavy atom. The first kappa shape index (κ1) is 40.6. The van der Waals surface area contributed by atoms with Crippen LogP contribution in [0, 0.1) is 0 Å². The van der Waals surface area contributed by atoms with Crippen LogP contribution < -0.4 is 44.1 Å². The Bertz CT molecular complexity index is 2710. The number of rotatable bonds is 13. The quantitative estimate of drug-likeness (QED) is 0.0640. The van der Waals surface area contributed by atoms with E-state index in [2.05, 4.69) is 86.0 Å². The molecule has 3 heterocycles. The minimum Gasteiger partial charge on any atom is -0.531 e. The molecule has 2 aromatic heterocycles. The molecule has 60 heavy (non-hydrogen) atoms. The van der Waals surface area contributed by atoms with Gasteiger partial charge in [-0.2, -0.15) is 0 Å². The van der Waals surface area contributed by atoms with Crippen LogP contribution in [0.4, 0.5) is 0 Å². The normalized spacial score (nSPS) is 12.6. The molecule has 8 rings (SSSR count). The van der Waals surface area contributed by atoms with Crippen molar-refractivity contribution in [3.05, 3.63) is 119 Å². The third-order valence-corrected chi connectivity index (χ3v) is 16.2. The summed E-state index contributed by atoms with van der Waals surface area (Å²) in [6.45, 7) is 11.3. The molecule has 11 heteroatoms. The monoisotopic (exact) mass is 825 g/mol. The molecule has 0 unspecified atom stereocenters. The van der Waals surface area contributed by atoms with E-state index in [-0.39, 0.29) is 17.9 Å². The molecule has 0 saturated carbocycles. The van der Waals surface area contributed by atoms with E-state index in [1.165, 1.54) is 0 Å². The molecule has 5 aromatic carbocycles. The van der Waals surface area contributed by atoms with Crippen LogP contribution in [-0.4, -0.2) is 54.2 Å². The van der Waals surface area contributed by atoms with Crippen molar-refractivity contribution in [1.82, 2.24) is 4.57 Å². The molecule has 0 spiro atoms. The Balaban J connectivity index is 1.42. The fourth-order valence-electron chi connectivity index (χ4n) is 8.73. The van der Waals surface area contributed by atoms with E-state index in [4.69, 9.17) is 37.3 Å². The lowest BCUT2D eigenvalue weighted by atomic mass is 9.91. The van der Waals surface area contributed by atoms with Crippen LogP contribution in [0.25, 0.3) is 44.3 Å². The number of hydrogen-bond donors (Lipinski definition) is 0. The van der Waals surface area contributed by atoms with Crippen molar-refractivity contribution in [1.29, 1.82) is 0 Å². The summed E-state index contributed by atoms with van der Waals surface area (Å²) in [7, 11) is 3.39. The van der Waals surface area contributed by atoms with Crippen molar-refractivity contribution >= 4 is 40.6 Å². The lowest BCUT2D eigenvalue weighted by Gasteiger charge is -2.43. The molecule has 0 saturated heterocycles. The number of ether oxygens (including phenoxy) is 6. The Morgan fingerprint density at radius 2 is 1.37 bits per heavy atom. The highest BCUT2D eigenvalue weighted by atomic mass is 28.4. The number of nitrogens with zero attached hydrogens (tertiary/aromatic N) is 1. The number of benzene rings is 5. The standard InChI is InChI=1S/C49H51NO9Si/c1-30(2)57-43-24-31-22-23-50-46(35(31)26-41(43)55-9)44(45-36-27-40(54-8)42(56-29-52-6)28-38(36)58-48(51)47(45)50)32-20-21-37(39(25-32)53-7)59-60(49(3,4)5,33-16-12-10-13-17-33)34-18-14-11-15-19-34/h10-21,24-28,30H,22-23,29H2,1-9H3. The van der Waals surface area contributed by atoms with E-state index in [0.717, 1.165) is 38.3 Å². The van der Waals surface area contributed by atoms with Gasteiger partial charge in [0.2, 0.25) is 0 Å². The molecule has 0 radical (unpaired) electrons. The predicted molar refractivity (Wildman–Crippen MR) is 239 cm³/mol. The van der Waals surface area contributed by atoms with Crippen LogP contribution in [0.1, 0.15) is 40.2 Å². The van der Waals surface area contributed by atoms with Gasteiger partial charge in [-0.25, -0.2) is 4.79 Å². The molecule has 0 atom stereocenters. The molecule has 10 nitrogen and oxygen atoms in total. The maximum absolute atomic E-state index is 14.3. The third-order valence-electron chi connectivity index (χ3n) is 11.3. The van der Waals surface area contributed by atoms with E-state index < -0.39 is 13.9 Å². The van der Waals surface area contributed by atoms with Gasteiger partial charge in [0, 0.05) is 41.6 Å². The highest BCUT2D eigenvalue weighted by Gasteiger charge is 2.52. The van der Waals surface area contributed by atoms with E-state index in [1.54, 1.807) is 34.5 Å². The second kappa shape index (κ2) is 16.1. The zero-order valence-corrected chi connectivity index (χ0v) is 36.6. The average Bonchev–Trinajstić information content (AvgIpc) is 3.61. The molecular weight excluding hydrogens is 775 g/mol. The largest absolute Gasteiger partial charge is 0.531 e. The highest BCUT2D eigenvalue weighted by molar-refractivity contribution is 7.00. The fraction of sp³-hybridized carbons (Fsp3) is 0.286. The fourth-order valence-corrected chi connectivity index (χ4v) is 13.2. The molecule has 0 aliphatic carbocycles. The topological polar surface area (TPSA) is 99.8 Å². The van der Waals surface area contributed by atoms with Gasteiger partial charge in [-0.15, -0.1) is 0 Å². The van der Waals surface area contributed by atoms with Gasteiger partial charge in [-0.3, -0.25) is 0 Å². The number of hydrogen-bond acceptors (Lipinski definition) is 9. The summed E-state index contributed by atoms with van der Waals surface area (Å²) in [4.78, 5) is 14.3. The van der Waals surface area contributed by atoms with Crippen LogP contribution in [0.2, 0.25) is 5.04 Å². The second-order valence-electron chi connectivity index (χ2n) is 16.2. The first-order chi connectivity index (χ1) is 28.9. The van der Waals surface area contributed by atoms with E-state index in [9.17, 15) is 4.79 Å². The van der Waals surface area contributed by atoms with E-state index >= 15 is 0 Å². The highest BCUT2D eigenvalue weighted by Crippen LogP contribution is 2.51. The van der Waals surface area contributed by atoms with Gasteiger partial charge >= 0.3 is 13.9 Å². The Labute approximate surface area is 351 Å². The van der Waals surface area contributed by atoms with Gasteiger partial charge in [-0.05, 0) is 77.1 Å². The number of aryl methyl sites for hydroxylation is 2. The summed E-state index contributed by atoms with van der Waals surface area (Å²) < 4.78 is 50.9. The van der Waals surface area contributed by atoms with Crippen molar-refractivity contribution in [2.75, 3.05) is 35.2 Å². The summed E-state index contributed by atoms with van der Waals surface area (Å²) in [5.74, 6) is 3.30. The maximum Gasteiger partial charge on any atom is 0.361 e. The van der Waals surface area contributed by atoms with Gasteiger partial charge in [0.05, 0.1) is 33.1 Å². The molecule has 310 valence electrons. The average molecular weight is 826 g/mol. The van der Waals surface area contributed by atoms with Crippen LogP contribution >= 0.6 is 0 Å². The van der Waals surface area contributed by atoms with E-state index in [1.807, 2.05) is 50.2 Å². The van der Waals surface area contributed by atoms with Crippen molar-refractivity contribution in [2.24, 2.45) is 0 Å². The van der Waals surface area contributed by atoms with Crippen LogP contribution in [0.3, 0.4) is 0 Å². The Hall–Kier alpha value is -6.17. The Kier molecular flexibility index (Phi) is 10.9. The maximum atomic E-state index is 14.3. The SMILES string of the molecule is COCOc1cc2oc(=O)c3c(c(-c4ccc(O[Si](c5ccccc5)(c5ccccc5)C(C)(C)C)c(OC)c4)c4n3CCc3cc(OC(C)C)c(OC)cc3-4)c2cc1OC. The lowest BCUT2D eigenvalue weighted by molar-refractivity contribution is 0.0492. The zero-order chi connectivity index (χ0) is 42.3. The molecular formula is C49H51NO9Si. The molecule has 1 aliphatic rings. The third kappa shape index (κ3) is 6.85. The van der Waals surface area contributed by atoms with Gasteiger partial charge in [0.25, 0.3) is 0 Å². The summed E-state index contributed by atoms with van der Waals surface area (Å²) in [6.07, 6.45) is 0.603. The predicted octanol–water partition coefficient (Wildman–Crippen LogP) is 9.37. The van der Waals surface area contributed by atoms with Crippen molar-refractivity contribution in [3.63, 3.8) is 0 Å². The van der Waals surface area contributed by atoms with Crippen LogP contribution in [-0.2, 0) is 17.7 Å². The molecule has 7 aromatic rings. The van der Waals surface area contributed by atoms with Gasteiger partial charge < -0.3 is 41.8 Å². The molecule has 1 aliphatic heterocycles. The first-order valence-electron chi connectivity index (χ1n) is 20.1. The second-order valence-corrected chi connectivity index (χ2v) is 20.5. The minimum atomic E-state index is -3.03. The molecule has 0 N–H and O–H groups in total. The van der Waals surface area contributed by atoms with Crippen molar-refractivity contribution in [3.8, 4) is 56.9 Å². The zero-order valence-electron chi connectivity index (χ0n) is 35.6. The van der Waals surface area contributed by atoms with Crippen molar-refractivity contribution in [2.45, 2.75) is 58.7 Å². The molecule has 0 fully saturated rings. The number of aromatic nitrogens is 1. The molecule has 0 amide bonds. The van der Waals surface area contributed by atoms with Gasteiger partial charge in [0.15, 0.2) is 35.5 Å².